The molecule has 2 fully saturated rings. The molecule has 1 N–H and O–H groups in total. The van der Waals surface area contributed by atoms with Crippen LogP contribution in [0.5, 0.6) is 0 Å². The minimum atomic E-state index is -4.81. The van der Waals surface area contributed by atoms with Crippen molar-refractivity contribution in [2.75, 3.05) is 45.5 Å². The first-order valence-corrected chi connectivity index (χ1v) is 18.1. The van der Waals surface area contributed by atoms with E-state index in [1.807, 2.05) is 29.2 Å². The van der Waals surface area contributed by atoms with Crippen molar-refractivity contribution in [2.24, 2.45) is 0 Å². The number of nitrogens with one attached hydrogen (secondary N) is 1. The summed E-state index contributed by atoms with van der Waals surface area (Å²) in [5, 5.41) is 12.7. The van der Waals surface area contributed by atoms with Gasteiger partial charge in [-0.05, 0) is 72.5 Å². The number of hydrogen-bond donors (Lipinski definition) is 1. The van der Waals surface area contributed by atoms with Gasteiger partial charge in [-0.2, -0.15) is 18.4 Å². The van der Waals surface area contributed by atoms with Crippen LogP contribution in [0.25, 0.3) is 11.0 Å². The van der Waals surface area contributed by atoms with Gasteiger partial charge in [0.2, 0.25) is 0 Å². The van der Waals surface area contributed by atoms with Crippen molar-refractivity contribution in [1.29, 1.82) is 5.26 Å². The predicted molar refractivity (Wildman–Crippen MR) is 179 cm³/mol. The molecule has 0 atom stereocenters. The Morgan fingerprint density at radius 1 is 0.880 bits per heavy atom. The van der Waals surface area contributed by atoms with E-state index in [0.29, 0.717) is 53.8 Å². The van der Waals surface area contributed by atoms with Crippen LogP contribution in [0, 0.1) is 11.3 Å². The molecule has 0 radical (unpaired) electrons. The molecular weight excluding hydrogens is 671 g/mol. The van der Waals surface area contributed by atoms with E-state index in [9.17, 15) is 31.2 Å². The van der Waals surface area contributed by atoms with E-state index in [-0.39, 0.29) is 30.2 Å². The molecule has 4 aromatic rings. The zero-order chi connectivity index (χ0) is 35.6. The minimum absolute atomic E-state index is 0.00210. The maximum absolute atomic E-state index is 13.6. The number of benzene rings is 3. The third kappa shape index (κ3) is 8.18. The Morgan fingerprint density at radius 2 is 1.52 bits per heavy atom. The molecule has 0 aliphatic carbocycles. The number of piperazine rings is 1. The van der Waals surface area contributed by atoms with E-state index in [0.717, 1.165) is 56.4 Å². The lowest BCUT2D eigenvalue weighted by molar-refractivity contribution is -0.140. The summed E-state index contributed by atoms with van der Waals surface area (Å²) in [5.74, 6) is -0.357. The number of alkyl halides is 3. The molecule has 2 aliphatic rings. The highest BCUT2D eigenvalue weighted by Gasteiger charge is 2.36. The van der Waals surface area contributed by atoms with Crippen molar-refractivity contribution in [3.8, 4) is 6.07 Å². The molecule has 262 valence electrons. The number of rotatable bonds is 8. The number of carbonyl (C=O) groups excluding carboxylic acids is 2. The number of nitriles is 1. The zero-order valence-corrected chi connectivity index (χ0v) is 28.2. The van der Waals surface area contributed by atoms with Gasteiger partial charge in [0.15, 0.2) is 15.6 Å². The van der Waals surface area contributed by atoms with E-state index >= 15 is 0 Å². The topological polar surface area (TPSA) is 127 Å². The van der Waals surface area contributed by atoms with Crippen LogP contribution in [0.3, 0.4) is 0 Å². The van der Waals surface area contributed by atoms with Gasteiger partial charge in [0.05, 0.1) is 22.1 Å². The fourth-order valence-corrected chi connectivity index (χ4v) is 7.38. The molecule has 2 saturated heterocycles. The third-order valence-electron chi connectivity index (χ3n) is 9.21. The molecule has 2 amide bonds. The fraction of sp³-hybridized carbons (Fsp3) is 0.361. The summed E-state index contributed by atoms with van der Waals surface area (Å²) in [6.45, 7) is 4.16. The second-order valence-corrected chi connectivity index (χ2v) is 14.8. The Hall–Kier alpha value is -4.71. The molecule has 0 saturated carbocycles. The smallest absolute Gasteiger partial charge is 0.417 e. The Balaban J connectivity index is 1.01. The standard InChI is InChI=1S/C36H36F3N5O5S/c1-50(47,48)33-9-6-26(18-30(33)36(37,38)39)23-43-14-16-44(17-15-43)35(46)27-7-8-31-28(19-27)20-32(49-31)34(45)41-29-10-12-42(13-11-29)22-25-4-2-24(21-40)3-5-25/h2-9,18-20,29H,10-17,22-23H2,1H3,(H,41,45). The van der Waals surface area contributed by atoms with E-state index in [1.54, 1.807) is 29.2 Å². The number of nitrogens with zero attached hydrogens (tertiary/aromatic N) is 4. The van der Waals surface area contributed by atoms with Crippen LogP contribution in [-0.2, 0) is 29.1 Å². The first-order valence-electron chi connectivity index (χ1n) is 16.2. The number of piperidine rings is 1. The van der Waals surface area contributed by atoms with Crippen LogP contribution in [0.2, 0.25) is 0 Å². The summed E-state index contributed by atoms with van der Waals surface area (Å²) < 4.78 is 70.4. The van der Waals surface area contributed by atoms with E-state index in [2.05, 4.69) is 16.3 Å². The van der Waals surface area contributed by atoms with Gasteiger partial charge in [0.1, 0.15) is 5.58 Å². The van der Waals surface area contributed by atoms with Gasteiger partial charge in [-0.25, -0.2) is 8.42 Å². The Morgan fingerprint density at radius 3 is 2.16 bits per heavy atom. The monoisotopic (exact) mass is 707 g/mol. The Kier molecular flexibility index (Phi) is 10.0. The van der Waals surface area contributed by atoms with E-state index < -0.39 is 26.5 Å². The zero-order valence-electron chi connectivity index (χ0n) is 27.4. The summed E-state index contributed by atoms with van der Waals surface area (Å²) in [6.07, 6.45) is -2.48. The Bertz CT molecular complexity index is 2040. The quantitative estimate of drug-likeness (QED) is 0.269. The molecular formula is C36H36F3N5O5S. The number of likely N-dealkylation sites (tertiary alicyclic amines) is 1. The number of amides is 2. The fourth-order valence-electron chi connectivity index (χ4n) is 6.49. The normalized spacial score (nSPS) is 16.7. The summed E-state index contributed by atoms with van der Waals surface area (Å²) in [6, 6.07) is 19.6. The van der Waals surface area contributed by atoms with Crippen molar-refractivity contribution in [2.45, 2.75) is 43.0 Å². The minimum Gasteiger partial charge on any atom is -0.451 e. The lowest BCUT2D eigenvalue weighted by atomic mass is 10.0. The van der Waals surface area contributed by atoms with Crippen LogP contribution < -0.4 is 5.32 Å². The van der Waals surface area contributed by atoms with Gasteiger partial charge in [-0.15, -0.1) is 0 Å². The number of halogens is 3. The predicted octanol–water partition coefficient (Wildman–Crippen LogP) is 5.08. The summed E-state index contributed by atoms with van der Waals surface area (Å²) in [7, 11) is -4.06. The van der Waals surface area contributed by atoms with E-state index in [1.165, 1.54) is 6.07 Å². The second-order valence-electron chi connectivity index (χ2n) is 12.9. The molecule has 2 aliphatic heterocycles. The van der Waals surface area contributed by atoms with Crippen molar-refractivity contribution in [3.63, 3.8) is 0 Å². The van der Waals surface area contributed by atoms with Gasteiger partial charge < -0.3 is 14.6 Å². The van der Waals surface area contributed by atoms with E-state index in [4.69, 9.17) is 9.68 Å². The van der Waals surface area contributed by atoms with Crippen LogP contribution in [0.15, 0.2) is 76.0 Å². The molecule has 1 aromatic heterocycles. The lowest BCUT2D eigenvalue weighted by Gasteiger charge is -2.35. The van der Waals surface area contributed by atoms with Gasteiger partial charge in [-0.1, -0.05) is 18.2 Å². The van der Waals surface area contributed by atoms with Gasteiger partial charge in [0, 0.05) is 75.6 Å². The SMILES string of the molecule is CS(=O)(=O)c1ccc(CN2CCN(C(=O)c3ccc4oc(C(=O)NC5CCN(Cc6ccc(C#N)cc6)CC5)cc4c3)CC2)cc1C(F)(F)F. The van der Waals surface area contributed by atoms with Crippen LogP contribution >= 0.6 is 0 Å². The van der Waals surface area contributed by atoms with Gasteiger partial charge in [0.25, 0.3) is 11.8 Å². The Labute approximate surface area is 288 Å². The molecule has 14 heteroatoms. The second kappa shape index (κ2) is 14.3. The molecule has 0 spiro atoms. The molecule has 10 nitrogen and oxygen atoms in total. The maximum atomic E-state index is 13.6. The summed E-state index contributed by atoms with van der Waals surface area (Å²) in [5.41, 5.74) is 1.83. The molecule has 50 heavy (non-hydrogen) atoms. The van der Waals surface area contributed by atoms with Crippen molar-refractivity contribution < 1.29 is 35.6 Å². The van der Waals surface area contributed by atoms with Crippen molar-refractivity contribution in [3.05, 3.63) is 100 Å². The van der Waals surface area contributed by atoms with Crippen molar-refractivity contribution >= 4 is 32.6 Å². The van der Waals surface area contributed by atoms with Gasteiger partial charge in [-0.3, -0.25) is 19.4 Å². The average molecular weight is 708 g/mol. The van der Waals surface area contributed by atoms with Crippen molar-refractivity contribution in [1.82, 2.24) is 20.0 Å². The molecule has 0 unspecified atom stereocenters. The highest BCUT2D eigenvalue weighted by molar-refractivity contribution is 7.90. The highest BCUT2D eigenvalue weighted by Crippen LogP contribution is 2.35. The number of sulfone groups is 1. The summed E-state index contributed by atoms with van der Waals surface area (Å²) in [4.78, 5) is 31.6. The average Bonchev–Trinajstić information content (AvgIpc) is 3.53. The van der Waals surface area contributed by atoms with Crippen LogP contribution in [0.4, 0.5) is 13.2 Å². The van der Waals surface area contributed by atoms with Crippen LogP contribution in [0.1, 0.15) is 56.0 Å². The van der Waals surface area contributed by atoms with Crippen LogP contribution in [-0.4, -0.2) is 86.5 Å². The molecule has 3 heterocycles. The molecule has 0 bridgehead atoms. The molecule has 6 rings (SSSR count). The number of carbonyl (C=O) groups is 2. The number of furan rings is 1. The lowest BCUT2D eigenvalue weighted by Crippen LogP contribution is -2.48. The molecule has 3 aromatic carbocycles. The largest absolute Gasteiger partial charge is 0.451 e. The highest BCUT2D eigenvalue weighted by atomic mass is 32.2. The number of fused-ring (bicyclic) bond motifs is 1. The first kappa shape index (κ1) is 35.1. The summed E-state index contributed by atoms with van der Waals surface area (Å²) >= 11 is 0. The third-order valence-corrected chi connectivity index (χ3v) is 10.4. The first-order chi connectivity index (χ1) is 23.8. The van der Waals surface area contributed by atoms with Gasteiger partial charge >= 0.3 is 6.18 Å². The maximum Gasteiger partial charge on any atom is 0.417 e. The number of hydrogen-bond acceptors (Lipinski definition) is 8.